The van der Waals surface area contributed by atoms with Gasteiger partial charge in [-0.05, 0) is 30.2 Å². The van der Waals surface area contributed by atoms with Gasteiger partial charge in [-0.1, -0.05) is 0 Å². The normalized spacial score (nSPS) is 10.5. The molecule has 1 aromatic heterocycles. The number of rotatable bonds is 6. The molecular formula is C15H18N2O4. The summed E-state index contributed by atoms with van der Waals surface area (Å²) in [6.45, 7) is 0.475. The van der Waals surface area contributed by atoms with Crippen LogP contribution in [0.2, 0.25) is 0 Å². The number of aromatic nitrogens is 1. The van der Waals surface area contributed by atoms with E-state index in [0.717, 1.165) is 16.5 Å². The van der Waals surface area contributed by atoms with Crippen molar-refractivity contribution in [1.82, 2.24) is 10.3 Å². The van der Waals surface area contributed by atoms with Crippen LogP contribution in [0.1, 0.15) is 18.4 Å². The van der Waals surface area contributed by atoms with Crippen LogP contribution in [-0.2, 0) is 20.7 Å². The number of benzene rings is 1. The van der Waals surface area contributed by atoms with Gasteiger partial charge in [0.15, 0.2) is 0 Å². The number of hydrogen-bond donors (Lipinski definition) is 3. The molecule has 2 aromatic rings. The highest BCUT2D eigenvalue weighted by molar-refractivity contribution is 5.85. The minimum atomic E-state index is -0.391. The minimum absolute atomic E-state index is 0.0866. The zero-order valence-electron chi connectivity index (χ0n) is 11.8. The van der Waals surface area contributed by atoms with E-state index in [1.54, 1.807) is 12.1 Å². The predicted octanol–water partition coefficient (Wildman–Crippen LogP) is 1.49. The number of esters is 1. The van der Waals surface area contributed by atoms with Crippen molar-refractivity contribution in [3.05, 3.63) is 30.0 Å². The SMILES string of the molecule is COC(=O)CCC(=O)NCCc1c[nH]c2ccc(O)cc12. The van der Waals surface area contributed by atoms with Crippen LogP contribution in [0.4, 0.5) is 0 Å². The molecule has 0 unspecified atom stereocenters. The number of hydrogen-bond acceptors (Lipinski definition) is 4. The summed E-state index contributed by atoms with van der Waals surface area (Å²) in [4.78, 5) is 25.6. The molecule has 2 rings (SSSR count). The van der Waals surface area contributed by atoms with Crippen LogP contribution in [0.15, 0.2) is 24.4 Å². The van der Waals surface area contributed by atoms with Crippen molar-refractivity contribution >= 4 is 22.8 Å². The molecule has 0 aliphatic heterocycles. The molecule has 0 spiro atoms. The molecule has 0 radical (unpaired) electrons. The van der Waals surface area contributed by atoms with Crippen LogP contribution in [0, 0.1) is 0 Å². The van der Waals surface area contributed by atoms with E-state index in [2.05, 4.69) is 15.0 Å². The fourth-order valence-electron chi connectivity index (χ4n) is 2.12. The first-order valence-electron chi connectivity index (χ1n) is 6.72. The minimum Gasteiger partial charge on any atom is -0.508 e. The maximum absolute atomic E-state index is 11.5. The Morgan fingerprint density at radius 3 is 2.90 bits per heavy atom. The fourth-order valence-corrected chi connectivity index (χ4v) is 2.12. The van der Waals surface area contributed by atoms with E-state index in [-0.39, 0.29) is 24.5 Å². The third kappa shape index (κ3) is 3.98. The molecule has 1 aromatic carbocycles. The van der Waals surface area contributed by atoms with Gasteiger partial charge >= 0.3 is 5.97 Å². The first-order valence-corrected chi connectivity index (χ1v) is 6.72. The number of H-pyrrole nitrogens is 1. The highest BCUT2D eigenvalue weighted by Crippen LogP contribution is 2.22. The average Bonchev–Trinajstić information content (AvgIpc) is 2.87. The van der Waals surface area contributed by atoms with Gasteiger partial charge in [-0.3, -0.25) is 9.59 Å². The highest BCUT2D eigenvalue weighted by Gasteiger charge is 2.08. The maximum atomic E-state index is 11.5. The molecule has 0 saturated carbocycles. The second-order valence-electron chi connectivity index (χ2n) is 4.72. The van der Waals surface area contributed by atoms with Gasteiger partial charge in [0.05, 0.1) is 13.5 Å². The number of nitrogens with one attached hydrogen (secondary N) is 2. The Morgan fingerprint density at radius 2 is 2.14 bits per heavy atom. The van der Waals surface area contributed by atoms with E-state index in [1.807, 2.05) is 12.3 Å². The summed E-state index contributed by atoms with van der Waals surface area (Å²) in [7, 11) is 1.30. The van der Waals surface area contributed by atoms with E-state index in [1.165, 1.54) is 7.11 Å². The lowest BCUT2D eigenvalue weighted by molar-refractivity contribution is -0.142. The number of phenolic OH excluding ortho intramolecular Hbond substituents is 1. The fraction of sp³-hybridized carbons (Fsp3) is 0.333. The molecule has 112 valence electrons. The number of phenols is 1. The number of aromatic amines is 1. The first-order chi connectivity index (χ1) is 10.1. The van der Waals surface area contributed by atoms with Crippen molar-refractivity contribution in [1.29, 1.82) is 0 Å². The van der Waals surface area contributed by atoms with Gasteiger partial charge in [0.1, 0.15) is 5.75 Å². The Morgan fingerprint density at radius 1 is 1.33 bits per heavy atom. The lowest BCUT2D eigenvalue weighted by atomic mass is 10.1. The summed E-state index contributed by atoms with van der Waals surface area (Å²) in [5.41, 5.74) is 1.97. The third-order valence-electron chi connectivity index (χ3n) is 3.25. The molecule has 6 heteroatoms. The first kappa shape index (κ1) is 14.9. The molecule has 6 nitrogen and oxygen atoms in total. The van der Waals surface area contributed by atoms with E-state index in [9.17, 15) is 14.7 Å². The molecule has 0 atom stereocenters. The standard InChI is InChI=1S/C15H18N2O4/c1-21-15(20)5-4-14(19)16-7-6-10-9-17-13-3-2-11(18)8-12(10)13/h2-3,8-9,17-18H,4-7H2,1H3,(H,16,19). The number of carbonyl (C=O) groups is 2. The monoisotopic (exact) mass is 290 g/mol. The van der Waals surface area contributed by atoms with Crippen LogP contribution in [0.3, 0.4) is 0 Å². The lowest BCUT2D eigenvalue weighted by Gasteiger charge is -2.04. The van der Waals surface area contributed by atoms with Gasteiger partial charge in [0.2, 0.25) is 5.91 Å². The van der Waals surface area contributed by atoms with Crippen LogP contribution >= 0.6 is 0 Å². The van der Waals surface area contributed by atoms with Crippen molar-refractivity contribution in [2.45, 2.75) is 19.3 Å². The van der Waals surface area contributed by atoms with Crippen LogP contribution in [0.25, 0.3) is 10.9 Å². The van der Waals surface area contributed by atoms with E-state index >= 15 is 0 Å². The van der Waals surface area contributed by atoms with Gasteiger partial charge in [-0.2, -0.15) is 0 Å². The lowest BCUT2D eigenvalue weighted by Crippen LogP contribution is -2.26. The van der Waals surface area contributed by atoms with Gasteiger partial charge in [-0.15, -0.1) is 0 Å². The molecule has 0 aliphatic carbocycles. The van der Waals surface area contributed by atoms with Crippen LogP contribution < -0.4 is 5.32 Å². The second kappa shape index (κ2) is 6.78. The number of ether oxygens (including phenoxy) is 1. The smallest absolute Gasteiger partial charge is 0.306 e. The number of fused-ring (bicyclic) bond motifs is 1. The van der Waals surface area contributed by atoms with Crippen LogP contribution in [0.5, 0.6) is 5.75 Å². The highest BCUT2D eigenvalue weighted by atomic mass is 16.5. The number of aromatic hydroxyl groups is 1. The molecule has 0 bridgehead atoms. The Labute approximate surface area is 122 Å². The van der Waals surface area contributed by atoms with Crippen molar-refractivity contribution in [2.24, 2.45) is 0 Å². The quantitative estimate of drug-likeness (QED) is 0.703. The van der Waals surface area contributed by atoms with Crippen molar-refractivity contribution in [2.75, 3.05) is 13.7 Å². The maximum Gasteiger partial charge on any atom is 0.306 e. The predicted molar refractivity (Wildman–Crippen MR) is 77.9 cm³/mol. The Bertz CT molecular complexity index is 648. The molecule has 1 heterocycles. The summed E-state index contributed by atoms with van der Waals surface area (Å²) in [6.07, 6.45) is 2.72. The number of amides is 1. The Kier molecular flexibility index (Phi) is 4.81. The van der Waals surface area contributed by atoms with Gasteiger partial charge < -0.3 is 20.1 Å². The van der Waals surface area contributed by atoms with Crippen LogP contribution in [-0.4, -0.2) is 35.6 Å². The zero-order chi connectivity index (χ0) is 15.2. The summed E-state index contributed by atoms with van der Waals surface area (Å²) in [6, 6.07) is 5.13. The largest absolute Gasteiger partial charge is 0.508 e. The van der Waals surface area contributed by atoms with Crippen molar-refractivity contribution < 1.29 is 19.4 Å². The van der Waals surface area contributed by atoms with E-state index in [0.29, 0.717) is 13.0 Å². The van der Waals surface area contributed by atoms with Gasteiger partial charge in [0.25, 0.3) is 0 Å². The third-order valence-corrected chi connectivity index (χ3v) is 3.25. The molecule has 1 amide bonds. The Balaban J connectivity index is 1.83. The molecular weight excluding hydrogens is 272 g/mol. The number of methoxy groups -OCH3 is 1. The summed E-state index contributed by atoms with van der Waals surface area (Å²) >= 11 is 0. The average molecular weight is 290 g/mol. The van der Waals surface area contributed by atoms with Crippen molar-refractivity contribution in [3.63, 3.8) is 0 Å². The summed E-state index contributed by atoms with van der Waals surface area (Å²) < 4.78 is 4.48. The Hall–Kier alpha value is -2.50. The summed E-state index contributed by atoms with van der Waals surface area (Å²) in [5, 5.41) is 13.2. The topological polar surface area (TPSA) is 91.4 Å². The number of carbonyl (C=O) groups excluding carboxylic acids is 2. The molecule has 3 N–H and O–H groups in total. The van der Waals surface area contributed by atoms with Crippen molar-refractivity contribution in [3.8, 4) is 5.75 Å². The van der Waals surface area contributed by atoms with Gasteiger partial charge in [0, 0.05) is 30.1 Å². The summed E-state index contributed by atoms with van der Waals surface area (Å²) in [5.74, 6) is -0.356. The van der Waals surface area contributed by atoms with Gasteiger partial charge in [-0.25, -0.2) is 0 Å². The molecule has 0 saturated heterocycles. The molecule has 0 aliphatic rings. The van der Waals surface area contributed by atoms with E-state index < -0.39 is 5.97 Å². The molecule has 0 fully saturated rings. The molecule has 21 heavy (non-hydrogen) atoms. The second-order valence-corrected chi connectivity index (χ2v) is 4.72. The zero-order valence-corrected chi connectivity index (χ0v) is 11.8. The van der Waals surface area contributed by atoms with E-state index in [4.69, 9.17) is 0 Å².